The summed E-state index contributed by atoms with van der Waals surface area (Å²) in [6.45, 7) is -0.349. The van der Waals surface area contributed by atoms with Crippen LogP contribution in [-0.4, -0.2) is 29.7 Å². The summed E-state index contributed by atoms with van der Waals surface area (Å²) < 4.78 is 11.6. The average Bonchev–Trinajstić information content (AvgIpc) is 3.11. The number of H-pyrrole nitrogens is 1. The summed E-state index contributed by atoms with van der Waals surface area (Å²) in [5.74, 6) is 0.836. The van der Waals surface area contributed by atoms with Gasteiger partial charge in [-0.2, -0.15) is 0 Å². The number of aryl methyl sites for hydroxylation is 1. The van der Waals surface area contributed by atoms with Crippen molar-refractivity contribution in [3.63, 3.8) is 0 Å². The topological polar surface area (TPSA) is 102 Å². The number of ether oxygens (including phenoxy) is 2. The van der Waals surface area contributed by atoms with Gasteiger partial charge in [0.2, 0.25) is 5.91 Å². The normalized spacial score (nSPS) is 15.2. The SMILES string of the molecule is COc1cc2c(cc1OC)[C@H](NC(=O)Cn1c(=O)[nH]c3ccccc3c1=O)CC2. The number of rotatable bonds is 5. The molecule has 0 saturated carbocycles. The van der Waals surface area contributed by atoms with Crippen LogP contribution in [0, 0.1) is 0 Å². The summed E-state index contributed by atoms with van der Waals surface area (Å²) in [5.41, 5.74) is 1.38. The molecule has 8 heteroatoms. The van der Waals surface area contributed by atoms with Gasteiger partial charge >= 0.3 is 5.69 Å². The summed E-state index contributed by atoms with van der Waals surface area (Å²) in [4.78, 5) is 40.1. The van der Waals surface area contributed by atoms with Gasteiger partial charge in [-0.1, -0.05) is 12.1 Å². The lowest BCUT2D eigenvalue weighted by molar-refractivity contribution is -0.122. The molecule has 0 fully saturated rings. The number of fused-ring (bicyclic) bond motifs is 2. The Morgan fingerprint density at radius 1 is 1.17 bits per heavy atom. The second kappa shape index (κ2) is 7.46. The molecule has 8 nitrogen and oxygen atoms in total. The molecule has 1 atom stereocenters. The predicted octanol–water partition coefficient (Wildman–Crippen LogP) is 1.51. The van der Waals surface area contributed by atoms with Crippen molar-refractivity contribution in [2.45, 2.75) is 25.4 Å². The molecule has 4 rings (SSSR count). The first-order valence-corrected chi connectivity index (χ1v) is 9.28. The van der Waals surface area contributed by atoms with E-state index in [2.05, 4.69) is 10.3 Å². The molecule has 0 bridgehead atoms. The number of para-hydroxylation sites is 1. The average molecular weight is 395 g/mol. The molecule has 150 valence electrons. The van der Waals surface area contributed by atoms with Crippen molar-refractivity contribution in [3.05, 3.63) is 68.4 Å². The number of carbonyl (C=O) groups is 1. The van der Waals surface area contributed by atoms with Gasteiger partial charge in [0.15, 0.2) is 11.5 Å². The molecule has 1 aliphatic rings. The molecule has 2 N–H and O–H groups in total. The largest absolute Gasteiger partial charge is 0.493 e. The van der Waals surface area contributed by atoms with Gasteiger partial charge in [-0.15, -0.1) is 0 Å². The van der Waals surface area contributed by atoms with Crippen molar-refractivity contribution >= 4 is 16.8 Å². The Bertz CT molecular complexity index is 1210. The molecule has 1 amide bonds. The number of nitrogens with one attached hydrogen (secondary N) is 2. The molecule has 0 radical (unpaired) electrons. The summed E-state index contributed by atoms with van der Waals surface area (Å²) in [6.07, 6.45) is 1.51. The van der Waals surface area contributed by atoms with Crippen LogP contribution in [0.5, 0.6) is 11.5 Å². The summed E-state index contributed by atoms with van der Waals surface area (Å²) in [7, 11) is 3.14. The first kappa shape index (κ1) is 18.8. The maximum absolute atomic E-state index is 12.6. The quantitative estimate of drug-likeness (QED) is 0.682. The number of aromatic amines is 1. The Labute approximate surface area is 166 Å². The third-order valence-electron chi connectivity index (χ3n) is 5.25. The molecule has 0 spiro atoms. The number of benzene rings is 2. The minimum atomic E-state index is -0.609. The maximum atomic E-state index is 12.6. The molecule has 1 heterocycles. The second-order valence-corrected chi connectivity index (χ2v) is 6.93. The lowest BCUT2D eigenvalue weighted by atomic mass is 10.1. The number of amides is 1. The van der Waals surface area contributed by atoms with Crippen LogP contribution in [0.3, 0.4) is 0 Å². The zero-order chi connectivity index (χ0) is 20.5. The van der Waals surface area contributed by atoms with Crippen molar-refractivity contribution in [2.24, 2.45) is 0 Å². The second-order valence-electron chi connectivity index (χ2n) is 6.93. The first-order valence-electron chi connectivity index (χ1n) is 9.28. The van der Waals surface area contributed by atoms with Crippen LogP contribution in [0.15, 0.2) is 46.0 Å². The van der Waals surface area contributed by atoms with E-state index in [0.29, 0.717) is 22.4 Å². The highest BCUT2D eigenvalue weighted by Crippen LogP contribution is 2.39. The molecule has 0 unspecified atom stereocenters. The van der Waals surface area contributed by atoms with Crippen molar-refractivity contribution in [1.29, 1.82) is 0 Å². The van der Waals surface area contributed by atoms with Crippen molar-refractivity contribution in [1.82, 2.24) is 14.9 Å². The van der Waals surface area contributed by atoms with Crippen LogP contribution in [0.4, 0.5) is 0 Å². The van der Waals surface area contributed by atoms with Crippen molar-refractivity contribution < 1.29 is 14.3 Å². The van der Waals surface area contributed by atoms with Gasteiger partial charge in [-0.25, -0.2) is 4.79 Å². The number of hydrogen-bond acceptors (Lipinski definition) is 5. The van der Waals surface area contributed by atoms with Gasteiger partial charge in [0.1, 0.15) is 6.54 Å². The standard InChI is InChI=1S/C21H21N3O5/c1-28-17-9-12-7-8-16(14(12)10-18(17)29-2)22-19(25)11-24-20(26)13-5-3-4-6-15(13)23-21(24)27/h3-6,9-10,16H,7-8,11H2,1-2H3,(H,22,25)(H,23,27)/t16-/m1/s1. The van der Waals surface area contributed by atoms with Crippen LogP contribution < -0.4 is 26.0 Å². The summed E-state index contributed by atoms with van der Waals surface area (Å²) in [6, 6.07) is 10.3. The van der Waals surface area contributed by atoms with Crippen molar-refractivity contribution in [3.8, 4) is 11.5 Å². The third kappa shape index (κ3) is 3.37. The molecule has 2 aromatic carbocycles. The number of carbonyl (C=O) groups excluding carboxylic acids is 1. The molecular formula is C21H21N3O5. The summed E-state index contributed by atoms with van der Waals surface area (Å²) >= 11 is 0. The fraction of sp³-hybridized carbons (Fsp3) is 0.286. The zero-order valence-corrected chi connectivity index (χ0v) is 16.2. The van der Waals surface area contributed by atoms with Gasteiger partial charge in [-0.05, 0) is 48.2 Å². The van der Waals surface area contributed by atoms with E-state index >= 15 is 0 Å². The van der Waals surface area contributed by atoms with Gasteiger partial charge in [0.05, 0.1) is 31.2 Å². The molecule has 29 heavy (non-hydrogen) atoms. The van der Waals surface area contributed by atoms with Crippen LogP contribution in [0.2, 0.25) is 0 Å². The molecule has 1 aliphatic carbocycles. The maximum Gasteiger partial charge on any atom is 0.329 e. The van der Waals surface area contributed by atoms with E-state index in [1.807, 2.05) is 12.1 Å². The lowest BCUT2D eigenvalue weighted by Gasteiger charge is -2.16. The number of hydrogen-bond donors (Lipinski definition) is 2. The Hall–Kier alpha value is -3.55. The predicted molar refractivity (Wildman–Crippen MR) is 108 cm³/mol. The van der Waals surface area contributed by atoms with E-state index in [1.165, 1.54) is 0 Å². The van der Waals surface area contributed by atoms with Gasteiger partial charge in [-0.3, -0.25) is 14.2 Å². The highest BCUT2D eigenvalue weighted by Gasteiger charge is 2.26. The Balaban J connectivity index is 1.58. The monoisotopic (exact) mass is 395 g/mol. The Morgan fingerprint density at radius 2 is 1.90 bits per heavy atom. The van der Waals surface area contributed by atoms with Gasteiger partial charge in [0.25, 0.3) is 5.56 Å². The van der Waals surface area contributed by atoms with Crippen LogP contribution in [-0.2, 0) is 17.8 Å². The lowest BCUT2D eigenvalue weighted by Crippen LogP contribution is -2.41. The van der Waals surface area contributed by atoms with E-state index in [4.69, 9.17) is 9.47 Å². The van der Waals surface area contributed by atoms with E-state index in [9.17, 15) is 14.4 Å². The van der Waals surface area contributed by atoms with E-state index in [-0.39, 0.29) is 12.6 Å². The minimum absolute atomic E-state index is 0.215. The minimum Gasteiger partial charge on any atom is -0.493 e. The van der Waals surface area contributed by atoms with Gasteiger partial charge in [0, 0.05) is 0 Å². The fourth-order valence-electron chi connectivity index (χ4n) is 3.81. The smallest absolute Gasteiger partial charge is 0.329 e. The van der Waals surface area contributed by atoms with E-state index < -0.39 is 17.2 Å². The fourth-order valence-corrected chi connectivity index (χ4v) is 3.81. The van der Waals surface area contributed by atoms with Gasteiger partial charge < -0.3 is 19.8 Å². The molecule has 0 saturated heterocycles. The number of aromatic nitrogens is 2. The van der Waals surface area contributed by atoms with Crippen LogP contribution in [0.1, 0.15) is 23.6 Å². The first-order chi connectivity index (χ1) is 14.0. The Kier molecular flexibility index (Phi) is 4.84. The molecule has 3 aromatic rings. The van der Waals surface area contributed by atoms with E-state index in [0.717, 1.165) is 28.5 Å². The van der Waals surface area contributed by atoms with E-state index in [1.54, 1.807) is 38.5 Å². The summed E-state index contributed by atoms with van der Waals surface area (Å²) in [5, 5.41) is 3.29. The van der Waals surface area contributed by atoms with Crippen molar-refractivity contribution in [2.75, 3.05) is 14.2 Å². The van der Waals surface area contributed by atoms with Crippen LogP contribution >= 0.6 is 0 Å². The third-order valence-corrected chi connectivity index (χ3v) is 5.25. The highest BCUT2D eigenvalue weighted by atomic mass is 16.5. The van der Waals surface area contributed by atoms with Crippen LogP contribution in [0.25, 0.3) is 10.9 Å². The number of nitrogens with zero attached hydrogens (tertiary/aromatic N) is 1. The Morgan fingerprint density at radius 3 is 2.66 bits per heavy atom. The zero-order valence-electron chi connectivity index (χ0n) is 16.2. The molecular weight excluding hydrogens is 374 g/mol. The molecule has 1 aromatic heterocycles. The highest BCUT2D eigenvalue weighted by molar-refractivity contribution is 5.79. The number of methoxy groups -OCH3 is 2. The molecule has 0 aliphatic heterocycles.